The van der Waals surface area contributed by atoms with Crippen molar-refractivity contribution < 1.29 is 9.15 Å². The highest BCUT2D eigenvalue weighted by atomic mass is 35.5. The van der Waals surface area contributed by atoms with Gasteiger partial charge in [-0.05, 0) is 42.3 Å². The van der Waals surface area contributed by atoms with Crippen molar-refractivity contribution in [2.24, 2.45) is 0 Å². The Kier molecular flexibility index (Phi) is 4.69. The van der Waals surface area contributed by atoms with E-state index in [0.29, 0.717) is 28.9 Å². The summed E-state index contributed by atoms with van der Waals surface area (Å²) in [5.41, 5.74) is 4.59. The van der Waals surface area contributed by atoms with E-state index in [-0.39, 0.29) is 5.63 Å². The quantitative estimate of drug-likeness (QED) is 0.338. The third-order valence-corrected chi connectivity index (χ3v) is 5.91. The van der Waals surface area contributed by atoms with Crippen molar-refractivity contribution in [3.8, 4) is 16.9 Å². The van der Waals surface area contributed by atoms with E-state index < -0.39 is 0 Å². The number of ether oxygens (including phenoxy) is 1. The van der Waals surface area contributed by atoms with Gasteiger partial charge < -0.3 is 14.1 Å². The zero-order valence-electron chi connectivity index (χ0n) is 16.1. The van der Waals surface area contributed by atoms with Crippen LogP contribution >= 0.6 is 23.2 Å². The van der Waals surface area contributed by atoms with Crippen molar-refractivity contribution in [1.82, 2.24) is 0 Å². The summed E-state index contributed by atoms with van der Waals surface area (Å²) in [7, 11) is 0. The van der Waals surface area contributed by atoms with Crippen LogP contribution in [-0.4, -0.2) is 6.73 Å². The Morgan fingerprint density at radius 2 is 1.80 bits per heavy atom. The number of nitrogens with zero attached hydrogens (tertiary/aromatic N) is 1. The summed E-state index contributed by atoms with van der Waals surface area (Å²) >= 11 is 12.6. The van der Waals surface area contributed by atoms with E-state index >= 15 is 0 Å². The predicted molar refractivity (Wildman–Crippen MR) is 121 cm³/mol. The molecule has 0 unspecified atom stereocenters. The molecule has 30 heavy (non-hydrogen) atoms. The van der Waals surface area contributed by atoms with Crippen molar-refractivity contribution in [2.75, 3.05) is 11.6 Å². The number of hydrogen-bond acceptors (Lipinski definition) is 4. The highest BCUT2D eigenvalue weighted by molar-refractivity contribution is 6.35. The van der Waals surface area contributed by atoms with Crippen LogP contribution < -0.4 is 15.3 Å². The molecule has 0 aliphatic carbocycles. The molecule has 0 N–H and O–H groups in total. The highest BCUT2D eigenvalue weighted by Gasteiger charge is 2.24. The lowest BCUT2D eigenvalue weighted by Gasteiger charge is -2.32. The van der Waals surface area contributed by atoms with Crippen LogP contribution in [0.5, 0.6) is 5.75 Å². The monoisotopic (exact) mass is 437 g/mol. The standard InChI is InChI=1S/C24H17Cl2NO3/c1-14-23-16(12-27(13-29-23)21-10-17(25)7-8-20(21)26)9-19-18(11-22(28)30-24(14)19)15-5-3-2-4-6-15/h2-11H,12-13H2,1H3. The Hall–Kier alpha value is -2.95. The topological polar surface area (TPSA) is 42.7 Å². The molecule has 0 saturated carbocycles. The van der Waals surface area contributed by atoms with E-state index in [9.17, 15) is 4.79 Å². The van der Waals surface area contributed by atoms with Gasteiger partial charge in [0.1, 0.15) is 11.3 Å². The molecule has 1 aliphatic rings. The molecule has 0 amide bonds. The van der Waals surface area contributed by atoms with Gasteiger partial charge >= 0.3 is 5.63 Å². The first-order valence-electron chi connectivity index (χ1n) is 9.50. The van der Waals surface area contributed by atoms with E-state index in [1.807, 2.05) is 54.3 Å². The largest absolute Gasteiger partial charge is 0.472 e. The summed E-state index contributed by atoms with van der Waals surface area (Å²) in [5, 5.41) is 2.10. The fourth-order valence-corrected chi connectivity index (χ4v) is 4.36. The van der Waals surface area contributed by atoms with Gasteiger partial charge in [0.05, 0.1) is 10.7 Å². The number of rotatable bonds is 2. The molecule has 1 aromatic heterocycles. The second kappa shape index (κ2) is 7.38. The summed E-state index contributed by atoms with van der Waals surface area (Å²) in [4.78, 5) is 14.3. The molecule has 0 radical (unpaired) electrons. The molecule has 150 valence electrons. The van der Waals surface area contributed by atoms with Crippen molar-refractivity contribution in [3.63, 3.8) is 0 Å². The summed E-state index contributed by atoms with van der Waals surface area (Å²) in [6, 6.07) is 18.8. The first kappa shape index (κ1) is 19.0. The van der Waals surface area contributed by atoms with Crippen LogP contribution in [0.2, 0.25) is 10.0 Å². The van der Waals surface area contributed by atoms with Gasteiger partial charge in [-0.15, -0.1) is 0 Å². The third kappa shape index (κ3) is 3.22. The molecular formula is C24H17Cl2NO3. The first-order valence-corrected chi connectivity index (χ1v) is 10.3. The molecule has 0 fully saturated rings. The van der Waals surface area contributed by atoms with Crippen LogP contribution in [0.1, 0.15) is 11.1 Å². The Bertz CT molecular complexity index is 1330. The number of anilines is 1. The van der Waals surface area contributed by atoms with Crippen molar-refractivity contribution in [2.45, 2.75) is 13.5 Å². The molecule has 0 atom stereocenters. The van der Waals surface area contributed by atoms with Crippen LogP contribution in [0.4, 0.5) is 5.69 Å². The fraction of sp³-hybridized carbons (Fsp3) is 0.125. The Labute approximate surface area is 183 Å². The molecule has 5 rings (SSSR count). The smallest absolute Gasteiger partial charge is 0.336 e. The normalized spacial score (nSPS) is 13.2. The molecule has 4 nitrogen and oxygen atoms in total. The maximum absolute atomic E-state index is 12.3. The minimum atomic E-state index is -0.382. The van der Waals surface area contributed by atoms with Gasteiger partial charge in [-0.2, -0.15) is 0 Å². The zero-order valence-corrected chi connectivity index (χ0v) is 17.6. The minimum Gasteiger partial charge on any atom is -0.472 e. The second-order valence-electron chi connectivity index (χ2n) is 7.28. The van der Waals surface area contributed by atoms with Gasteiger partial charge in [0.25, 0.3) is 0 Å². The lowest BCUT2D eigenvalue weighted by Crippen LogP contribution is -2.32. The Morgan fingerprint density at radius 1 is 1.00 bits per heavy atom. The van der Waals surface area contributed by atoms with Crippen molar-refractivity contribution in [3.05, 3.63) is 92.3 Å². The van der Waals surface area contributed by atoms with Gasteiger partial charge in [0.15, 0.2) is 6.73 Å². The number of aryl methyl sites for hydroxylation is 1. The average molecular weight is 438 g/mol. The molecule has 3 aromatic carbocycles. The fourth-order valence-electron chi connectivity index (χ4n) is 3.96. The molecule has 2 heterocycles. The molecule has 6 heteroatoms. The average Bonchev–Trinajstić information content (AvgIpc) is 2.76. The van der Waals surface area contributed by atoms with E-state index in [0.717, 1.165) is 39.1 Å². The Morgan fingerprint density at radius 3 is 2.60 bits per heavy atom. The van der Waals surface area contributed by atoms with Crippen LogP contribution in [0.3, 0.4) is 0 Å². The summed E-state index contributed by atoms with van der Waals surface area (Å²) in [5.74, 6) is 0.741. The number of benzene rings is 3. The lowest BCUT2D eigenvalue weighted by atomic mass is 9.97. The van der Waals surface area contributed by atoms with Gasteiger partial charge in [-0.25, -0.2) is 4.79 Å². The SMILES string of the molecule is Cc1c2c(cc3c(-c4ccccc4)cc(=O)oc13)CN(c1cc(Cl)ccc1Cl)CO2. The summed E-state index contributed by atoms with van der Waals surface area (Å²) < 4.78 is 11.7. The van der Waals surface area contributed by atoms with Gasteiger partial charge in [-0.3, -0.25) is 0 Å². The zero-order chi connectivity index (χ0) is 20.8. The van der Waals surface area contributed by atoms with Gasteiger partial charge in [0, 0.05) is 34.1 Å². The predicted octanol–water partition coefficient (Wildman–Crippen LogP) is 6.43. The number of hydrogen-bond donors (Lipinski definition) is 0. The highest BCUT2D eigenvalue weighted by Crippen LogP contribution is 2.40. The van der Waals surface area contributed by atoms with Crippen LogP contribution in [0.15, 0.2) is 69.9 Å². The summed E-state index contributed by atoms with van der Waals surface area (Å²) in [6.07, 6.45) is 0. The molecule has 0 spiro atoms. The van der Waals surface area contributed by atoms with Gasteiger partial charge in [0.2, 0.25) is 0 Å². The number of halogens is 2. The lowest BCUT2D eigenvalue weighted by molar-refractivity contribution is 0.287. The number of fused-ring (bicyclic) bond motifs is 2. The van der Waals surface area contributed by atoms with Gasteiger partial charge in [-0.1, -0.05) is 53.5 Å². The van der Waals surface area contributed by atoms with Crippen molar-refractivity contribution in [1.29, 1.82) is 0 Å². The van der Waals surface area contributed by atoms with Crippen LogP contribution in [-0.2, 0) is 6.54 Å². The van der Waals surface area contributed by atoms with E-state index in [4.69, 9.17) is 32.4 Å². The molecule has 4 aromatic rings. The maximum atomic E-state index is 12.3. The first-order chi connectivity index (χ1) is 14.5. The molecule has 1 aliphatic heterocycles. The maximum Gasteiger partial charge on any atom is 0.336 e. The van der Waals surface area contributed by atoms with Crippen LogP contribution in [0, 0.1) is 6.92 Å². The third-order valence-electron chi connectivity index (χ3n) is 5.35. The van der Waals surface area contributed by atoms with Crippen LogP contribution in [0.25, 0.3) is 22.1 Å². The van der Waals surface area contributed by atoms with E-state index in [2.05, 4.69) is 0 Å². The van der Waals surface area contributed by atoms with E-state index in [1.165, 1.54) is 0 Å². The van der Waals surface area contributed by atoms with Crippen molar-refractivity contribution >= 4 is 39.9 Å². The molecule has 0 bridgehead atoms. The second-order valence-corrected chi connectivity index (χ2v) is 8.12. The molecular weight excluding hydrogens is 421 g/mol. The van der Waals surface area contributed by atoms with E-state index in [1.54, 1.807) is 18.2 Å². The minimum absolute atomic E-state index is 0.321. The summed E-state index contributed by atoms with van der Waals surface area (Å²) in [6.45, 7) is 2.84. The molecule has 0 saturated heterocycles. The Balaban J connectivity index is 1.68.